The molecular weight excluding hydrogens is 314 g/mol. The molecule has 0 spiro atoms. The van der Waals surface area contributed by atoms with Gasteiger partial charge in [-0.05, 0) is 25.1 Å². The van der Waals surface area contributed by atoms with E-state index in [0.29, 0.717) is 17.0 Å². The number of hydrogen-bond acceptors (Lipinski definition) is 4. The molecular formula is C20H15N3O2. The van der Waals surface area contributed by atoms with E-state index in [1.165, 1.54) is 11.1 Å². The first-order valence-corrected chi connectivity index (χ1v) is 7.77. The zero-order chi connectivity index (χ0) is 17.8. The zero-order valence-electron chi connectivity index (χ0n) is 13.6. The number of allylic oxidation sites excluding steroid dienone is 1. The number of hydrogen-bond donors (Lipinski definition) is 0. The van der Waals surface area contributed by atoms with Crippen molar-refractivity contribution < 1.29 is 9.59 Å². The summed E-state index contributed by atoms with van der Waals surface area (Å²) in [5, 5.41) is 14.9. The number of nitrogens with zero attached hydrogens (tertiary/aromatic N) is 3. The molecule has 0 N–H and O–H groups in total. The van der Waals surface area contributed by atoms with Crippen LogP contribution in [0.25, 0.3) is 0 Å². The van der Waals surface area contributed by atoms with Crippen LogP contribution in [0.1, 0.15) is 17.3 Å². The van der Waals surface area contributed by atoms with Gasteiger partial charge in [0, 0.05) is 5.56 Å². The Balaban J connectivity index is 1.90. The van der Waals surface area contributed by atoms with Crippen molar-refractivity contribution in [2.24, 2.45) is 11.0 Å². The molecule has 1 amide bonds. The van der Waals surface area contributed by atoms with Gasteiger partial charge in [-0.25, -0.2) is 0 Å². The van der Waals surface area contributed by atoms with Gasteiger partial charge in [0.15, 0.2) is 0 Å². The Labute approximate surface area is 145 Å². The minimum absolute atomic E-state index is 0.0611. The molecule has 0 fully saturated rings. The van der Waals surface area contributed by atoms with Crippen molar-refractivity contribution in [3.8, 4) is 6.07 Å². The molecule has 25 heavy (non-hydrogen) atoms. The highest BCUT2D eigenvalue weighted by atomic mass is 16.2. The van der Waals surface area contributed by atoms with Crippen LogP contribution in [0.3, 0.4) is 0 Å². The number of amides is 1. The Hall–Kier alpha value is -3.52. The average molecular weight is 329 g/mol. The molecule has 1 aliphatic rings. The molecule has 2 aromatic rings. The van der Waals surface area contributed by atoms with E-state index >= 15 is 0 Å². The molecule has 0 aliphatic carbocycles. The Kier molecular flexibility index (Phi) is 4.53. The van der Waals surface area contributed by atoms with E-state index in [4.69, 9.17) is 0 Å². The lowest BCUT2D eigenvalue weighted by Crippen LogP contribution is -2.26. The third-order valence-corrected chi connectivity index (χ3v) is 3.92. The summed E-state index contributed by atoms with van der Waals surface area (Å²) >= 11 is 0. The smallest absolute Gasteiger partial charge is 0.260 e. The Morgan fingerprint density at radius 2 is 1.72 bits per heavy atom. The molecule has 122 valence electrons. The molecule has 1 aliphatic heterocycles. The lowest BCUT2D eigenvalue weighted by atomic mass is 9.96. The zero-order valence-corrected chi connectivity index (χ0v) is 13.6. The fourth-order valence-corrected chi connectivity index (χ4v) is 2.60. The van der Waals surface area contributed by atoms with Crippen molar-refractivity contribution in [3.63, 3.8) is 0 Å². The molecule has 1 unspecified atom stereocenters. The van der Waals surface area contributed by atoms with Gasteiger partial charge in [0.05, 0.1) is 22.9 Å². The average Bonchev–Trinajstić information content (AvgIpc) is 2.94. The molecule has 0 saturated carbocycles. The SMILES string of the molecule is CC1=NN(c2ccccc2)C(=O)C1/C=C(/C#N)C(=O)c1ccccc1. The van der Waals surface area contributed by atoms with Gasteiger partial charge in [-0.1, -0.05) is 48.5 Å². The molecule has 3 rings (SSSR count). The van der Waals surface area contributed by atoms with Crippen LogP contribution in [0.15, 0.2) is 77.4 Å². The molecule has 2 aromatic carbocycles. The van der Waals surface area contributed by atoms with E-state index in [1.807, 2.05) is 24.3 Å². The predicted octanol–water partition coefficient (Wildman–Crippen LogP) is 3.36. The third kappa shape index (κ3) is 3.24. The quantitative estimate of drug-likeness (QED) is 0.490. The summed E-state index contributed by atoms with van der Waals surface area (Å²) in [6, 6.07) is 19.5. The van der Waals surface area contributed by atoms with Crippen molar-refractivity contribution in [3.05, 3.63) is 77.9 Å². The van der Waals surface area contributed by atoms with E-state index in [1.54, 1.807) is 49.4 Å². The largest absolute Gasteiger partial charge is 0.288 e. The summed E-state index contributed by atoms with van der Waals surface area (Å²) in [5.41, 5.74) is 1.54. The van der Waals surface area contributed by atoms with Gasteiger partial charge < -0.3 is 0 Å². The second-order valence-electron chi connectivity index (χ2n) is 5.59. The van der Waals surface area contributed by atoms with Crippen LogP contribution >= 0.6 is 0 Å². The summed E-state index contributed by atoms with van der Waals surface area (Å²) in [6.07, 6.45) is 1.40. The molecule has 1 atom stereocenters. The number of hydrazone groups is 1. The van der Waals surface area contributed by atoms with Crippen LogP contribution in [0.4, 0.5) is 5.69 Å². The lowest BCUT2D eigenvalue weighted by Gasteiger charge is -2.12. The van der Waals surface area contributed by atoms with E-state index in [9.17, 15) is 14.9 Å². The summed E-state index contributed by atoms with van der Waals surface area (Å²) in [6.45, 7) is 1.71. The highest BCUT2D eigenvalue weighted by Gasteiger charge is 2.33. The van der Waals surface area contributed by atoms with Crippen molar-refractivity contribution in [1.29, 1.82) is 5.26 Å². The summed E-state index contributed by atoms with van der Waals surface area (Å²) in [5.74, 6) is -1.40. The molecule has 5 nitrogen and oxygen atoms in total. The molecule has 0 aromatic heterocycles. The second kappa shape index (κ2) is 6.93. The van der Waals surface area contributed by atoms with E-state index in [0.717, 1.165) is 0 Å². The number of nitriles is 1. The third-order valence-electron chi connectivity index (χ3n) is 3.92. The van der Waals surface area contributed by atoms with E-state index in [2.05, 4.69) is 5.10 Å². The van der Waals surface area contributed by atoms with Crippen LogP contribution in [-0.4, -0.2) is 17.4 Å². The maximum atomic E-state index is 12.7. The number of rotatable bonds is 4. The predicted molar refractivity (Wildman–Crippen MR) is 95.0 cm³/mol. The number of ketones is 1. The van der Waals surface area contributed by atoms with E-state index < -0.39 is 11.7 Å². The topological polar surface area (TPSA) is 73.5 Å². The van der Waals surface area contributed by atoms with Crippen molar-refractivity contribution >= 4 is 23.1 Å². The molecule has 0 saturated heterocycles. The van der Waals surface area contributed by atoms with Gasteiger partial charge in [0.25, 0.3) is 5.91 Å². The van der Waals surface area contributed by atoms with Crippen molar-refractivity contribution in [1.82, 2.24) is 0 Å². The van der Waals surface area contributed by atoms with Gasteiger partial charge in [-0.3, -0.25) is 9.59 Å². The standard InChI is InChI=1S/C20H15N3O2/c1-14-18(20(25)23(22-14)17-10-6-3-7-11-17)12-16(13-21)19(24)15-8-4-2-5-9-15/h2-12,18H,1H3/b16-12-. The maximum absolute atomic E-state index is 12.7. The second-order valence-corrected chi connectivity index (χ2v) is 5.59. The number of benzene rings is 2. The Bertz CT molecular complexity index is 909. The normalized spacial score (nSPS) is 17.2. The summed E-state index contributed by atoms with van der Waals surface area (Å²) < 4.78 is 0. The first-order valence-electron chi connectivity index (χ1n) is 7.77. The van der Waals surface area contributed by atoms with Gasteiger partial charge in [-0.2, -0.15) is 15.4 Å². The number of carbonyl (C=O) groups is 2. The number of para-hydroxylation sites is 1. The minimum atomic E-state index is -0.720. The molecule has 1 heterocycles. The van der Waals surface area contributed by atoms with Crippen LogP contribution in [0, 0.1) is 17.2 Å². The number of anilines is 1. The number of carbonyl (C=O) groups excluding carboxylic acids is 2. The fraction of sp³-hybridized carbons (Fsp3) is 0.100. The fourth-order valence-electron chi connectivity index (χ4n) is 2.60. The van der Waals surface area contributed by atoms with Crippen molar-refractivity contribution in [2.45, 2.75) is 6.92 Å². The first-order chi connectivity index (χ1) is 12.1. The van der Waals surface area contributed by atoms with E-state index in [-0.39, 0.29) is 11.5 Å². The van der Waals surface area contributed by atoms with Crippen LogP contribution in [0.2, 0.25) is 0 Å². The number of Topliss-reactive ketones (excluding diaryl/α,β-unsaturated/α-hetero) is 1. The van der Waals surface area contributed by atoms with Gasteiger partial charge in [0.1, 0.15) is 6.07 Å². The summed E-state index contributed by atoms with van der Waals surface area (Å²) in [7, 11) is 0. The molecule has 0 bridgehead atoms. The highest BCUT2D eigenvalue weighted by Crippen LogP contribution is 2.25. The van der Waals surface area contributed by atoms with Gasteiger partial charge in [0.2, 0.25) is 5.78 Å². The Morgan fingerprint density at radius 1 is 1.12 bits per heavy atom. The first kappa shape index (κ1) is 16.3. The Morgan fingerprint density at radius 3 is 2.32 bits per heavy atom. The highest BCUT2D eigenvalue weighted by molar-refractivity contribution is 6.18. The van der Waals surface area contributed by atoms with Crippen molar-refractivity contribution in [2.75, 3.05) is 5.01 Å². The maximum Gasteiger partial charge on any atom is 0.260 e. The molecule has 0 radical (unpaired) electrons. The lowest BCUT2D eigenvalue weighted by molar-refractivity contribution is -0.118. The van der Waals surface area contributed by atoms with Gasteiger partial charge >= 0.3 is 0 Å². The van der Waals surface area contributed by atoms with Crippen LogP contribution in [0.5, 0.6) is 0 Å². The minimum Gasteiger partial charge on any atom is -0.288 e. The summed E-state index contributed by atoms with van der Waals surface area (Å²) in [4.78, 5) is 25.1. The monoisotopic (exact) mass is 329 g/mol. The van der Waals surface area contributed by atoms with Gasteiger partial charge in [-0.15, -0.1) is 0 Å². The van der Waals surface area contributed by atoms with Crippen LogP contribution in [-0.2, 0) is 4.79 Å². The molecule has 5 heteroatoms. The van der Waals surface area contributed by atoms with Crippen LogP contribution < -0.4 is 5.01 Å².